The Bertz CT molecular complexity index is 1100. The van der Waals surface area contributed by atoms with Gasteiger partial charge in [0.15, 0.2) is 5.76 Å². The van der Waals surface area contributed by atoms with Crippen molar-refractivity contribution >= 4 is 27.8 Å². The molecule has 3 aromatic carbocycles. The van der Waals surface area contributed by atoms with Crippen molar-refractivity contribution < 1.29 is 14.3 Å². The molecule has 0 unspecified atom stereocenters. The predicted molar refractivity (Wildman–Crippen MR) is 114 cm³/mol. The van der Waals surface area contributed by atoms with Gasteiger partial charge in [0.25, 0.3) is 0 Å². The molecule has 0 atom stereocenters. The molecule has 0 aliphatic carbocycles. The van der Waals surface area contributed by atoms with E-state index in [1.807, 2.05) is 49.4 Å². The molecule has 0 bridgehead atoms. The number of rotatable bonds is 4. The van der Waals surface area contributed by atoms with Crippen molar-refractivity contribution in [2.75, 3.05) is 0 Å². The summed E-state index contributed by atoms with van der Waals surface area (Å²) in [6.45, 7) is 4.46. The first-order valence-electron chi connectivity index (χ1n) is 9.03. The average Bonchev–Trinajstić information content (AvgIpc) is 2.99. The third kappa shape index (κ3) is 3.60. The van der Waals surface area contributed by atoms with E-state index in [1.165, 1.54) is 5.56 Å². The largest absolute Gasteiger partial charge is 0.488 e. The van der Waals surface area contributed by atoms with Gasteiger partial charge in [0, 0.05) is 10.0 Å². The zero-order valence-corrected chi connectivity index (χ0v) is 17.2. The van der Waals surface area contributed by atoms with Crippen LogP contribution in [0.15, 0.2) is 70.9 Å². The van der Waals surface area contributed by atoms with E-state index < -0.39 is 0 Å². The fourth-order valence-electron chi connectivity index (χ4n) is 3.20. The molecule has 4 heteroatoms. The summed E-state index contributed by atoms with van der Waals surface area (Å²) in [5, 5.41) is 0. The van der Waals surface area contributed by atoms with Gasteiger partial charge in [0.05, 0.1) is 5.56 Å². The number of benzene rings is 3. The van der Waals surface area contributed by atoms with Crippen molar-refractivity contribution in [1.29, 1.82) is 0 Å². The molecule has 0 radical (unpaired) electrons. The Kier molecular flexibility index (Phi) is 5.05. The number of hydrogen-bond donors (Lipinski definition) is 0. The topological polar surface area (TPSA) is 35.5 Å². The second-order valence-corrected chi connectivity index (χ2v) is 7.69. The summed E-state index contributed by atoms with van der Waals surface area (Å²) in [6, 6.07) is 19.5. The zero-order chi connectivity index (χ0) is 19.7. The Morgan fingerprint density at radius 3 is 2.64 bits per heavy atom. The van der Waals surface area contributed by atoms with Gasteiger partial charge in [-0.3, -0.25) is 4.79 Å². The fourth-order valence-corrected chi connectivity index (χ4v) is 3.62. The quantitative estimate of drug-likeness (QED) is 0.454. The van der Waals surface area contributed by atoms with Gasteiger partial charge in [-0.15, -0.1) is 0 Å². The van der Waals surface area contributed by atoms with E-state index in [2.05, 4.69) is 35.0 Å². The lowest BCUT2D eigenvalue weighted by Crippen LogP contribution is -2.00. The Hall–Kier alpha value is -2.85. The number of fused-ring (bicyclic) bond motifs is 1. The van der Waals surface area contributed by atoms with Crippen molar-refractivity contribution in [3.05, 3.63) is 98.7 Å². The molecule has 1 heterocycles. The summed E-state index contributed by atoms with van der Waals surface area (Å²) < 4.78 is 12.9. The molecule has 28 heavy (non-hydrogen) atoms. The van der Waals surface area contributed by atoms with Crippen LogP contribution in [-0.2, 0) is 6.61 Å². The summed E-state index contributed by atoms with van der Waals surface area (Å²) in [6.07, 6.45) is 1.76. The molecule has 0 N–H and O–H groups in total. The molecule has 0 spiro atoms. The maximum absolute atomic E-state index is 12.7. The number of ether oxygens (including phenoxy) is 2. The van der Waals surface area contributed by atoms with Gasteiger partial charge in [0.2, 0.25) is 5.78 Å². The number of allylic oxidation sites excluding steroid dienone is 1. The zero-order valence-electron chi connectivity index (χ0n) is 15.7. The van der Waals surface area contributed by atoms with Crippen LogP contribution >= 0.6 is 15.9 Å². The molecule has 3 nitrogen and oxygen atoms in total. The van der Waals surface area contributed by atoms with Crippen LogP contribution in [-0.4, -0.2) is 5.78 Å². The van der Waals surface area contributed by atoms with Crippen LogP contribution in [0.3, 0.4) is 0 Å². The Balaban J connectivity index is 1.59. The summed E-state index contributed by atoms with van der Waals surface area (Å²) in [7, 11) is 0. The van der Waals surface area contributed by atoms with Crippen molar-refractivity contribution in [2.24, 2.45) is 0 Å². The highest BCUT2D eigenvalue weighted by Crippen LogP contribution is 2.39. The van der Waals surface area contributed by atoms with Crippen LogP contribution in [0.5, 0.6) is 11.5 Å². The minimum absolute atomic E-state index is 0.108. The number of Topliss-reactive ketones (excluding diaryl/α,β-unsaturated/α-hetero) is 1. The minimum Gasteiger partial charge on any atom is -0.488 e. The monoisotopic (exact) mass is 434 g/mol. The second-order valence-electron chi connectivity index (χ2n) is 6.78. The third-order valence-corrected chi connectivity index (χ3v) is 5.32. The van der Waals surface area contributed by atoms with E-state index in [4.69, 9.17) is 9.47 Å². The van der Waals surface area contributed by atoms with Gasteiger partial charge in [-0.2, -0.15) is 0 Å². The molecule has 140 valence electrons. The highest BCUT2D eigenvalue weighted by atomic mass is 79.9. The van der Waals surface area contributed by atoms with E-state index in [1.54, 1.807) is 12.1 Å². The van der Waals surface area contributed by atoms with Crippen LogP contribution in [0.4, 0.5) is 0 Å². The molecule has 0 saturated carbocycles. The van der Waals surface area contributed by atoms with Crippen LogP contribution in [0, 0.1) is 13.8 Å². The van der Waals surface area contributed by atoms with Crippen molar-refractivity contribution in [1.82, 2.24) is 0 Å². The van der Waals surface area contributed by atoms with Crippen molar-refractivity contribution in [2.45, 2.75) is 20.5 Å². The van der Waals surface area contributed by atoms with E-state index in [0.717, 1.165) is 26.9 Å². The van der Waals surface area contributed by atoms with Gasteiger partial charge in [-0.25, -0.2) is 0 Å². The van der Waals surface area contributed by atoms with Crippen molar-refractivity contribution in [3.63, 3.8) is 0 Å². The minimum atomic E-state index is -0.108. The number of aryl methyl sites for hydroxylation is 1. The molecular formula is C24H19BrO3. The first-order valence-corrected chi connectivity index (χ1v) is 9.83. The Morgan fingerprint density at radius 2 is 1.86 bits per heavy atom. The number of carbonyl (C=O) groups is 1. The van der Waals surface area contributed by atoms with Gasteiger partial charge in [-0.05, 0) is 60.9 Å². The number of hydrogen-bond acceptors (Lipinski definition) is 3. The molecule has 0 fully saturated rings. The fraction of sp³-hybridized carbons (Fsp3) is 0.125. The van der Waals surface area contributed by atoms with Crippen LogP contribution in [0.2, 0.25) is 0 Å². The lowest BCUT2D eigenvalue weighted by Gasteiger charge is -2.12. The van der Waals surface area contributed by atoms with Crippen molar-refractivity contribution in [3.8, 4) is 11.5 Å². The summed E-state index contributed by atoms with van der Waals surface area (Å²) in [5.41, 5.74) is 4.62. The predicted octanol–water partition coefficient (Wildman–Crippen LogP) is 6.26. The third-order valence-electron chi connectivity index (χ3n) is 4.83. The lowest BCUT2D eigenvalue weighted by molar-refractivity contribution is 0.101. The molecule has 1 aliphatic heterocycles. The Morgan fingerprint density at radius 1 is 1.04 bits per heavy atom. The molecule has 3 aromatic rings. The smallest absolute Gasteiger partial charge is 0.231 e. The van der Waals surface area contributed by atoms with Crippen LogP contribution < -0.4 is 9.47 Å². The summed E-state index contributed by atoms with van der Waals surface area (Å²) in [5.74, 6) is 1.52. The van der Waals surface area contributed by atoms with Gasteiger partial charge in [0.1, 0.15) is 18.1 Å². The molecule has 0 aromatic heterocycles. The van der Waals surface area contributed by atoms with E-state index in [0.29, 0.717) is 23.7 Å². The van der Waals surface area contributed by atoms with E-state index in [-0.39, 0.29) is 5.78 Å². The number of ketones is 1. The standard InChI is InChI=1S/C24H19BrO3/c1-15-6-3-4-8-18(15)14-27-21-11-10-20-23(26)22(28-24(20)16(21)2)13-17-7-5-9-19(25)12-17/h3-13H,14H2,1-2H3/b22-13-. The highest BCUT2D eigenvalue weighted by molar-refractivity contribution is 9.10. The van der Waals surface area contributed by atoms with Gasteiger partial charge < -0.3 is 9.47 Å². The van der Waals surface area contributed by atoms with E-state index >= 15 is 0 Å². The molecule has 0 saturated heterocycles. The first kappa shape index (κ1) is 18.5. The molecular weight excluding hydrogens is 416 g/mol. The first-order chi connectivity index (χ1) is 13.5. The average molecular weight is 435 g/mol. The van der Waals surface area contributed by atoms with Crippen LogP contribution in [0.25, 0.3) is 6.08 Å². The maximum Gasteiger partial charge on any atom is 0.231 e. The lowest BCUT2D eigenvalue weighted by atomic mass is 10.1. The molecule has 0 amide bonds. The van der Waals surface area contributed by atoms with E-state index in [9.17, 15) is 4.79 Å². The van der Waals surface area contributed by atoms with Gasteiger partial charge >= 0.3 is 0 Å². The normalized spacial score (nSPS) is 14.1. The Labute approximate surface area is 172 Å². The number of carbonyl (C=O) groups excluding carboxylic acids is 1. The molecule has 1 aliphatic rings. The van der Waals surface area contributed by atoms with Crippen LogP contribution in [0.1, 0.15) is 32.6 Å². The highest BCUT2D eigenvalue weighted by Gasteiger charge is 2.30. The van der Waals surface area contributed by atoms with Gasteiger partial charge in [-0.1, -0.05) is 52.3 Å². The second kappa shape index (κ2) is 7.64. The number of halogens is 1. The summed E-state index contributed by atoms with van der Waals surface area (Å²) >= 11 is 3.45. The summed E-state index contributed by atoms with van der Waals surface area (Å²) in [4.78, 5) is 12.7. The maximum atomic E-state index is 12.7. The SMILES string of the molecule is Cc1ccccc1COc1ccc2c(c1C)O/C(=C\c1cccc(Br)c1)C2=O. The molecule has 4 rings (SSSR count).